The van der Waals surface area contributed by atoms with Crippen molar-refractivity contribution in [2.45, 2.75) is 12.8 Å². The van der Waals surface area contributed by atoms with Crippen LogP contribution in [-0.4, -0.2) is 44.1 Å². The van der Waals surface area contributed by atoms with Crippen LogP contribution in [0, 0.1) is 5.82 Å². The maximum absolute atomic E-state index is 12.9. The van der Waals surface area contributed by atoms with Gasteiger partial charge in [-0.2, -0.15) is 0 Å². The molecule has 110 valence electrons. The Kier molecular flexibility index (Phi) is 6.49. The van der Waals surface area contributed by atoms with Crippen LogP contribution in [0.4, 0.5) is 4.39 Å². The molecule has 1 aromatic rings. The Labute approximate surface area is 117 Å². The molecule has 0 aromatic heterocycles. The van der Waals surface area contributed by atoms with Gasteiger partial charge in [0.25, 0.3) is 5.91 Å². The van der Waals surface area contributed by atoms with Crippen molar-refractivity contribution in [1.29, 1.82) is 0 Å². The predicted molar refractivity (Wildman–Crippen MR) is 70.8 cm³/mol. The fourth-order valence-electron chi connectivity index (χ4n) is 1.50. The van der Waals surface area contributed by atoms with Gasteiger partial charge in [-0.15, -0.1) is 0 Å². The van der Waals surface area contributed by atoms with E-state index < -0.39 is 5.82 Å². The van der Waals surface area contributed by atoms with Crippen LogP contribution in [0.1, 0.15) is 12.8 Å². The first-order valence-corrected chi connectivity index (χ1v) is 6.22. The number of methoxy groups -OCH3 is 1. The highest BCUT2D eigenvalue weighted by Gasteiger charge is 2.10. The van der Waals surface area contributed by atoms with Crippen molar-refractivity contribution in [2.75, 3.05) is 27.3 Å². The number of hydrogen-bond acceptors (Lipinski definition) is 4. The topological polar surface area (TPSA) is 55.8 Å². The molecular weight excluding hydrogens is 265 g/mol. The fourth-order valence-corrected chi connectivity index (χ4v) is 1.50. The lowest BCUT2D eigenvalue weighted by atomic mass is 10.3. The van der Waals surface area contributed by atoms with Crippen molar-refractivity contribution in [3.63, 3.8) is 0 Å². The molecule has 0 fully saturated rings. The van der Waals surface area contributed by atoms with Crippen molar-refractivity contribution >= 4 is 11.9 Å². The summed E-state index contributed by atoms with van der Waals surface area (Å²) in [5.41, 5.74) is 0. The van der Waals surface area contributed by atoms with E-state index in [-0.39, 0.29) is 24.9 Å². The first-order valence-electron chi connectivity index (χ1n) is 6.22. The van der Waals surface area contributed by atoms with E-state index in [1.165, 1.54) is 30.2 Å². The zero-order chi connectivity index (χ0) is 15.0. The number of rotatable bonds is 7. The molecule has 0 aliphatic carbocycles. The summed E-state index contributed by atoms with van der Waals surface area (Å²) in [7, 11) is 2.94. The second kappa shape index (κ2) is 8.14. The van der Waals surface area contributed by atoms with Gasteiger partial charge in [0.2, 0.25) is 0 Å². The maximum atomic E-state index is 12.9. The second-order valence-electron chi connectivity index (χ2n) is 4.24. The normalized spacial score (nSPS) is 9.95. The Morgan fingerprint density at radius 2 is 2.10 bits per heavy atom. The Hall–Kier alpha value is -2.11. The smallest absolute Gasteiger partial charge is 0.305 e. The van der Waals surface area contributed by atoms with Gasteiger partial charge in [0.15, 0.2) is 6.61 Å². The van der Waals surface area contributed by atoms with Crippen LogP contribution in [0.3, 0.4) is 0 Å². The van der Waals surface area contributed by atoms with Crippen LogP contribution in [0.25, 0.3) is 0 Å². The highest BCUT2D eigenvalue weighted by atomic mass is 19.1. The van der Waals surface area contributed by atoms with Crippen molar-refractivity contribution in [3.05, 3.63) is 30.1 Å². The van der Waals surface area contributed by atoms with Crippen molar-refractivity contribution in [2.24, 2.45) is 0 Å². The zero-order valence-electron chi connectivity index (χ0n) is 11.6. The van der Waals surface area contributed by atoms with E-state index >= 15 is 0 Å². The molecule has 0 bridgehead atoms. The molecule has 5 nitrogen and oxygen atoms in total. The van der Waals surface area contributed by atoms with E-state index in [0.29, 0.717) is 18.7 Å². The third kappa shape index (κ3) is 5.69. The number of likely N-dealkylation sites (N-methyl/N-ethyl adjacent to an activating group) is 1. The fraction of sp³-hybridized carbons (Fsp3) is 0.429. The van der Waals surface area contributed by atoms with Gasteiger partial charge in [-0.3, -0.25) is 9.59 Å². The Balaban J connectivity index is 2.29. The molecular formula is C14H18FNO4. The number of hydrogen-bond donors (Lipinski definition) is 0. The third-order valence-corrected chi connectivity index (χ3v) is 2.69. The molecule has 0 radical (unpaired) electrons. The summed E-state index contributed by atoms with van der Waals surface area (Å²) in [6, 6.07) is 5.60. The standard InChI is InChI=1S/C14H18FNO4/c1-16(8-4-7-14(18)19-2)13(17)10-20-12-6-3-5-11(15)9-12/h3,5-6,9H,4,7-8,10H2,1-2H3. The first kappa shape index (κ1) is 15.9. The van der Waals surface area contributed by atoms with Gasteiger partial charge in [0, 0.05) is 26.1 Å². The summed E-state index contributed by atoms with van der Waals surface area (Å²) in [5, 5.41) is 0. The second-order valence-corrected chi connectivity index (χ2v) is 4.24. The predicted octanol–water partition coefficient (Wildman–Crippen LogP) is 1.62. The highest BCUT2D eigenvalue weighted by molar-refractivity contribution is 5.77. The van der Waals surface area contributed by atoms with Gasteiger partial charge in [0.05, 0.1) is 7.11 Å². The van der Waals surface area contributed by atoms with E-state index in [2.05, 4.69) is 4.74 Å². The number of carbonyl (C=O) groups excluding carboxylic acids is 2. The largest absolute Gasteiger partial charge is 0.484 e. The van der Waals surface area contributed by atoms with Crippen molar-refractivity contribution in [3.8, 4) is 5.75 Å². The molecule has 1 amide bonds. The number of esters is 1. The minimum atomic E-state index is -0.415. The summed E-state index contributed by atoms with van der Waals surface area (Å²) in [5.74, 6) is -0.649. The number of nitrogens with zero attached hydrogens (tertiary/aromatic N) is 1. The third-order valence-electron chi connectivity index (χ3n) is 2.69. The van der Waals surface area contributed by atoms with Crippen LogP contribution in [0.2, 0.25) is 0 Å². The Morgan fingerprint density at radius 1 is 1.35 bits per heavy atom. The number of benzene rings is 1. The molecule has 0 aliphatic rings. The summed E-state index contributed by atoms with van der Waals surface area (Å²) < 4.78 is 22.6. The molecule has 0 atom stereocenters. The molecule has 0 N–H and O–H groups in total. The van der Waals surface area contributed by atoms with Gasteiger partial charge >= 0.3 is 5.97 Å². The van der Waals surface area contributed by atoms with E-state index in [1.54, 1.807) is 13.1 Å². The monoisotopic (exact) mass is 283 g/mol. The van der Waals surface area contributed by atoms with E-state index in [4.69, 9.17) is 4.74 Å². The van der Waals surface area contributed by atoms with Crippen LogP contribution in [0.5, 0.6) is 5.75 Å². The lowest BCUT2D eigenvalue weighted by Crippen LogP contribution is -2.32. The Morgan fingerprint density at radius 3 is 2.75 bits per heavy atom. The number of halogens is 1. The molecule has 1 aromatic carbocycles. The molecule has 1 rings (SSSR count). The number of amides is 1. The van der Waals surface area contributed by atoms with Crippen molar-refractivity contribution in [1.82, 2.24) is 4.90 Å². The van der Waals surface area contributed by atoms with E-state index in [1.807, 2.05) is 0 Å². The van der Waals surface area contributed by atoms with Gasteiger partial charge in [-0.1, -0.05) is 6.07 Å². The molecule has 20 heavy (non-hydrogen) atoms. The lowest BCUT2D eigenvalue weighted by molar-refractivity contribution is -0.141. The average Bonchev–Trinajstić information content (AvgIpc) is 2.44. The zero-order valence-corrected chi connectivity index (χ0v) is 11.6. The molecule has 0 aliphatic heterocycles. The van der Waals surface area contributed by atoms with Gasteiger partial charge in [-0.05, 0) is 18.6 Å². The molecule has 6 heteroatoms. The van der Waals surface area contributed by atoms with Gasteiger partial charge < -0.3 is 14.4 Å². The highest BCUT2D eigenvalue weighted by Crippen LogP contribution is 2.11. The van der Waals surface area contributed by atoms with Crippen LogP contribution in [0.15, 0.2) is 24.3 Å². The average molecular weight is 283 g/mol. The first-order chi connectivity index (χ1) is 9.52. The molecule has 0 unspecified atom stereocenters. The maximum Gasteiger partial charge on any atom is 0.305 e. The van der Waals surface area contributed by atoms with Crippen LogP contribution in [-0.2, 0) is 14.3 Å². The molecule has 0 saturated heterocycles. The molecule has 0 saturated carbocycles. The van der Waals surface area contributed by atoms with Crippen LogP contribution >= 0.6 is 0 Å². The summed E-state index contributed by atoms with van der Waals surface area (Å²) in [6.45, 7) is 0.263. The minimum absolute atomic E-state index is 0.168. The van der Waals surface area contributed by atoms with Gasteiger partial charge in [0.1, 0.15) is 11.6 Å². The van der Waals surface area contributed by atoms with Crippen LogP contribution < -0.4 is 4.74 Å². The SMILES string of the molecule is COC(=O)CCCN(C)C(=O)COc1cccc(F)c1. The minimum Gasteiger partial charge on any atom is -0.484 e. The quantitative estimate of drug-likeness (QED) is 0.713. The molecule has 0 spiro atoms. The van der Waals surface area contributed by atoms with Crippen molar-refractivity contribution < 1.29 is 23.5 Å². The van der Waals surface area contributed by atoms with E-state index in [9.17, 15) is 14.0 Å². The van der Waals surface area contributed by atoms with Gasteiger partial charge in [-0.25, -0.2) is 4.39 Å². The van der Waals surface area contributed by atoms with E-state index in [0.717, 1.165) is 0 Å². The summed E-state index contributed by atoms with van der Waals surface area (Å²) in [6.07, 6.45) is 0.785. The summed E-state index contributed by atoms with van der Waals surface area (Å²) in [4.78, 5) is 24.1. The summed E-state index contributed by atoms with van der Waals surface area (Å²) >= 11 is 0. The number of ether oxygens (including phenoxy) is 2. The molecule has 0 heterocycles. The lowest BCUT2D eigenvalue weighted by Gasteiger charge is -2.17. The Bertz CT molecular complexity index is 464. The number of carbonyl (C=O) groups is 2.